The fourth-order valence-electron chi connectivity index (χ4n) is 3.29. The molecule has 4 rings (SSSR count). The molecular formula is C20H18ClFN4O2S. The van der Waals surface area contributed by atoms with Gasteiger partial charge in [0.25, 0.3) is 0 Å². The van der Waals surface area contributed by atoms with Gasteiger partial charge in [-0.05, 0) is 42.7 Å². The van der Waals surface area contributed by atoms with Crippen molar-refractivity contribution < 1.29 is 14.3 Å². The van der Waals surface area contributed by atoms with Crippen LogP contribution < -0.4 is 5.32 Å². The Bertz CT molecular complexity index is 1100. The zero-order valence-electron chi connectivity index (χ0n) is 15.4. The highest BCUT2D eigenvalue weighted by Gasteiger charge is 2.25. The van der Waals surface area contributed by atoms with Crippen molar-refractivity contribution in [2.75, 3.05) is 18.5 Å². The Morgan fingerprint density at radius 1 is 1.41 bits per heavy atom. The minimum absolute atomic E-state index is 0.0258. The summed E-state index contributed by atoms with van der Waals surface area (Å²) in [4.78, 5) is 24.8. The van der Waals surface area contributed by atoms with Crippen LogP contribution in [0.3, 0.4) is 0 Å². The molecule has 1 amide bonds. The number of hydrogen-bond acceptors (Lipinski definition) is 6. The third-order valence-corrected chi connectivity index (χ3v) is 6.10. The highest BCUT2D eigenvalue weighted by atomic mass is 35.5. The molecule has 3 aromatic rings. The Morgan fingerprint density at radius 2 is 2.28 bits per heavy atom. The fraction of sp³-hybridized carbons (Fsp3) is 0.250. The van der Waals surface area contributed by atoms with E-state index in [0.717, 1.165) is 20.7 Å². The van der Waals surface area contributed by atoms with E-state index in [2.05, 4.69) is 15.3 Å². The molecule has 1 aromatic carbocycles. The monoisotopic (exact) mass is 432 g/mol. The Morgan fingerprint density at radius 3 is 3.07 bits per heavy atom. The average Bonchev–Trinajstić information content (AvgIpc) is 3.09. The number of aliphatic hydroxyl groups is 1. The molecule has 0 aliphatic carbocycles. The van der Waals surface area contributed by atoms with Crippen LogP contribution in [0, 0.1) is 5.82 Å². The van der Waals surface area contributed by atoms with Gasteiger partial charge < -0.3 is 15.3 Å². The van der Waals surface area contributed by atoms with Crippen molar-refractivity contribution in [2.24, 2.45) is 0 Å². The lowest BCUT2D eigenvalue weighted by molar-refractivity contribution is -0.126. The van der Waals surface area contributed by atoms with E-state index in [4.69, 9.17) is 16.7 Å². The van der Waals surface area contributed by atoms with Crippen LogP contribution in [0.5, 0.6) is 0 Å². The Hall–Kier alpha value is -2.55. The van der Waals surface area contributed by atoms with Crippen LogP contribution in [0.4, 0.5) is 15.9 Å². The van der Waals surface area contributed by atoms with Crippen LogP contribution in [-0.4, -0.2) is 39.0 Å². The number of aliphatic hydroxyl groups excluding tert-OH is 1. The number of aromatic nitrogens is 2. The molecule has 2 aromatic heterocycles. The smallest absolute Gasteiger partial charge is 0.246 e. The van der Waals surface area contributed by atoms with E-state index in [0.29, 0.717) is 37.4 Å². The molecule has 0 bridgehead atoms. The second-order valence-electron chi connectivity index (χ2n) is 6.58. The molecule has 6 nitrogen and oxygen atoms in total. The molecule has 0 fully saturated rings. The Kier molecular flexibility index (Phi) is 5.75. The van der Waals surface area contributed by atoms with Gasteiger partial charge in [0.2, 0.25) is 5.91 Å². The maximum atomic E-state index is 13.4. The van der Waals surface area contributed by atoms with Crippen LogP contribution in [0.25, 0.3) is 10.2 Å². The first-order valence-electron chi connectivity index (χ1n) is 9.10. The number of hydrogen-bond donors (Lipinski definition) is 2. The largest absolute Gasteiger partial charge is 0.396 e. The minimum Gasteiger partial charge on any atom is -0.396 e. The van der Waals surface area contributed by atoms with Crippen molar-refractivity contribution in [3.63, 3.8) is 0 Å². The van der Waals surface area contributed by atoms with Crippen LogP contribution in [-0.2, 0) is 17.8 Å². The Labute approximate surface area is 175 Å². The summed E-state index contributed by atoms with van der Waals surface area (Å²) in [6.07, 6.45) is 5.84. The predicted octanol–water partition coefficient (Wildman–Crippen LogP) is 4.05. The number of anilines is 2. The lowest BCUT2D eigenvalue weighted by Crippen LogP contribution is -2.34. The highest BCUT2D eigenvalue weighted by molar-refractivity contribution is 7.19. The quantitative estimate of drug-likeness (QED) is 0.595. The lowest BCUT2D eigenvalue weighted by atomic mass is 10.0. The standard InChI is InChI=1S/C20H18ClFN4O2S/c21-14-9-12(4-5-15(14)22)25-19-18-13-6-7-26(17(28)3-1-2-8-27)10-16(13)29-20(18)24-11-23-19/h1,3-5,9,11,27H,2,6-8,10H2,(H,23,24,25)/b3-1+. The third-order valence-electron chi connectivity index (χ3n) is 4.69. The summed E-state index contributed by atoms with van der Waals surface area (Å²) in [6, 6.07) is 4.43. The van der Waals surface area contributed by atoms with E-state index in [9.17, 15) is 9.18 Å². The van der Waals surface area contributed by atoms with Crippen molar-refractivity contribution in [2.45, 2.75) is 19.4 Å². The van der Waals surface area contributed by atoms with Gasteiger partial charge in [-0.2, -0.15) is 0 Å². The van der Waals surface area contributed by atoms with Gasteiger partial charge in [0.15, 0.2) is 0 Å². The third kappa shape index (κ3) is 4.10. The second kappa shape index (κ2) is 8.44. The molecular weight excluding hydrogens is 415 g/mol. The highest BCUT2D eigenvalue weighted by Crippen LogP contribution is 2.38. The number of carbonyl (C=O) groups excluding carboxylic acids is 1. The number of benzene rings is 1. The summed E-state index contributed by atoms with van der Waals surface area (Å²) < 4.78 is 13.4. The first kappa shape index (κ1) is 19.8. The van der Waals surface area contributed by atoms with E-state index in [1.165, 1.54) is 24.5 Å². The van der Waals surface area contributed by atoms with Crippen LogP contribution >= 0.6 is 22.9 Å². The molecule has 1 aliphatic heterocycles. The summed E-state index contributed by atoms with van der Waals surface area (Å²) in [5.41, 5.74) is 1.77. The minimum atomic E-state index is -0.476. The molecule has 2 N–H and O–H groups in total. The van der Waals surface area contributed by atoms with Gasteiger partial charge in [-0.25, -0.2) is 14.4 Å². The van der Waals surface area contributed by atoms with Crippen LogP contribution in [0.15, 0.2) is 36.7 Å². The van der Waals surface area contributed by atoms with Crippen molar-refractivity contribution in [3.05, 3.63) is 58.0 Å². The summed E-state index contributed by atoms with van der Waals surface area (Å²) in [6.45, 7) is 1.14. The van der Waals surface area contributed by atoms with E-state index in [-0.39, 0.29) is 17.5 Å². The lowest BCUT2D eigenvalue weighted by Gasteiger charge is -2.26. The maximum Gasteiger partial charge on any atom is 0.246 e. The van der Waals surface area contributed by atoms with Gasteiger partial charge in [0, 0.05) is 23.7 Å². The van der Waals surface area contributed by atoms with E-state index in [1.54, 1.807) is 28.4 Å². The molecule has 0 spiro atoms. The summed E-state index contributed by atoms with van der Waals surface area (Å²) in [5, 5.41) is 13.0. The molecule has 1 aliphatic rings. The normalized spacial score (nSPS) is 13.8. The molecule has 0 unspecified atom stereocenters. The zero-order chi connectivity index (χ0) is 20.4. The van der Waals surface area contributed by atoms with E-state index >= 15 is 0 Å². The van der Waals surface area contributed by atoms with Gasteiger partial charge >= 0.3 is 0 Å². The maximum absolute atomic E-state index is 13.4. The summed E-state index contributed by atoms with van der Waals surface area (Å²) in [7, 11) is 0. The van der Waals surface area contributed by atoms with Gasteiger partial charge in [0.1, 0.15) is 22.8 Å². The molecule has 0 saturated heterocycles. The molecule has 0 atom stereocenters. The number of thiophene rings is 1. The van der Waals surface area contributed by atoms with Crippen molar-refractivity contribution in [1.29, 1.82) is 0 Å². The van der Waals surface area contributed by atoms with Crippen molar-refractivity contribution in [1.82, 2.24) is 14.9 Å². The number of nitrogens with one attached hydrogen (secondary N) is 1. The molecule has 29 heavy (non-hydrogen) atoms. The molecule has 3 heterocycles. The number of fused-ring (bicyclic) bond motifs is 3. The van der Waals surface area contributed by atoms with Crippen LogP contribution in [0.2, 0.25) is 5.02 Å². The zero-order valence-corrected chi connectivity index (χ0v) is 16.9. The first-order valence-corrected chi connectivity index (χ1v) is 10.3. The fourth-order valence-corrected chi connectivity index (χ4v) is 4.67. The van der Waals surface area contributed by atoms with Crippen LogP contribution in [0.1, 0.15) is 16.9 Å². The number of halogens is 2. The number of carbonyl (C=O) groups is 1. The molecule has 0 radical (unpaired) electrons. The van der Waals surface area contributed by atoms with Crippen molar-refractivity contribution in [3.8, 4) is 0 Å². The Balaban J connectivity index is 1.62. The van der Waals surface area contributed by atoms with Crippen molar-refractivity contribution >= 4 is 50.6 Å². The average molecular weight is 433 g/mol. The van der Waals surface area contributed by atoms with Gasteiger partial charge in [0.05, 0.1) is 17.0 Å². The SMILES string of the molecule is O=C(/C=C/CCO)N1CCc2c(sc3ncnc(Nc4ccc(F)c(Cl)c4)c23)C1. The summed E-state index contributed by atoms with van der Waals surface area (Å²) >= 11 is 7.43. The molecule has 9 heteroatoms. The van der Waals surface area contributed by atoms with Gasteiger partial charge in [-0.3, -0.25) is 4.79 Å². The predicted molar refractivity (Wildman–Crippen MR) is 112 cm³/mol. The molecule has 150 valence electrons. The number of rotatable bonds is 5. The first-order chi connectivity index (χ1) is 14.1. The number of amides is 1. The van der Waals surface area contributed by atoms with Gasteiger partial charge in [-0.1, -0.05) is 17.7 Å². The molecule has 0 saturated carbocycles. The number of nitrogens with zero attached hydrogens (tertiary/aromatic N) is 3. The van der Waals surface area contributed by atoms with E-state index in [1.807, 2.05) is 0 Å². The van der Waals surface area contributed by atoms with Gasteiger partial charge in [-0.15, -0.1) is 11.3 Å². The second-order valence-corrected chi connectivity index (χ2v) is 8.08. The van der Waals surface area contributed by atoms with E-state index < -0.39 is 5.82 Å². The summed E-state index contributed by atoms with van der Waals surface area (Å²) in [5.74, 6) is 0.0977. The topological polar surface area (TPSA) is 78.3 Å².